The van der Waals surface area contributed by atoms with E-state index in [2.05, 4.69) is 128 Å². The Balaban J connectivity index is 1.49. The first-order chi connectivity index (χ1) is 16.8. The zero-order valence-corrected chi connectivity index (χ0v) is 19.0. The fourth-order valence-electron chi connectivity index (χ4n) is 5.46. The molecule has 1 aliphatic rings. The largest absolute Gasteiger partial charge is 0.245 e. The lowest BCUT2D eigenvalue weighted by Crippen LogP contribution is -2.34. The second-order valence-corrected chi connectivity index (χ2v) is 9.26. The molecule has 0 fully saturated rings. The van der Waals surface area contributed by atoms with Crippen LogP contribution >= 0.6 is 0 Å². The molecular weight excluding hydrogens is 416 g/mol. The molecule has 0 unspecified atom stereocenters. The maximum Gasteiger partial charge on any atom is 0.245 e. The van der Waals surface area contributed by atoms with Gasteiger partial charge in [0.05, 0.1) is 0 Å². The molecule has 4 nitrogen and oxygen atoms in total. The number of hydrogen-bond donors (Lipinski definition) is 0. The van der Waals surface area contributed by atoms with Crippen molar-refractivity contribution in [3.63, 3.8) is 0 Å². The zero-order chi connectivity index (χ0) is 22.5. The predicted molar refractivity (Wildman–Crippen MR) is 134 cm³/mol. The molecule has 3 heterocycles. The average molecular weight is 443 g/mol. The fourth-order valence-corrected chi connectivity index (χ4v) is 5.46. The van der Waals surface area contributed by atoms with Crippen LogP contribution in [0, 0.1) is 0 Å². The summed E-state index contributed by atoms with van der Waals surface area (Å²) in [6.07, 6.45) is 4.58. The number of imidazole rings is 2. The van der Waals surface area contributed by atoms with Gasteiger partial charge in [-0.1, -0.05) is 72.8 Å². The van der Waals surface area contributed by atoms with E-state index in [1.807, 2.05) is 0 Å². The number of hydrogen-bond acceptors (Lipinski definition) is 0. The third kappa shape index (κ3) is 3.14. The Morgan fingerprint density at radius 1 is 0.441 bits per heavy atom. The van der Waals surface area contributed by atoms with Crippen LogP contribution in [-0.4, -0.2) is 9.13 Å². The molecule has 4 heteroatoms. The molecular formula is C30H26N4+2. The lowest BCUT2D eigenvalue weighted by Gasteiger charge is -2.08. The molecule has 0 N–H and O–H groups in total. The van der Waals surface area contributed by atoms with Crippen LogP contribution < -0.4 is 9.13 Å². The molecule has 34 heavy (non-hydrogen) atoms. The van der Waals surface area contributed by atoms with Gasteiger partial charge in [-0.25, -0.2) is 18.3 Å². The van der Waals surface area contributed by atoms with Gasteiger partial charge < -0.3 is 0 Å². The Morgan fingerprint density at radius 2 is 0.824 bits per heavy atom. The molecule has 2 aromatic heterocycles. The molecule has 4 bridgehead atoms. The Morgan fingerprint density at radius 3 is 1.29 bits per heavy atom. The topological polar surface area (TPSA) is 17.6 Å². The monoisotopic (exact) mass is 442 g/mol. The van der Waals surface area contributed by atoms with Crippen molar-refractivity contribution in [1.82, 2.24) is 9.13 Å². The molecule has 0 saturated heterocycles. The van der Waals surface area contributed by atoms with Crippen molar-refractivity contribution in [3.05, 3.63) is 132 Å². The van der Waals surface area contributed by atoms with Crippen LogP contribution in [0.5, 0.6) is 0 Å². The minimum absolute atomic E-state index is 0.852. The van der Waals surface area contributed by atoms with E-state index in [0.717, 1.165) is 26.2 Å². The number of fused-ring (bicyclic) bond motifs is 12. The first kappa shape index (κ1) is 19.3. The van der Waals surface area contributed by atoms with Gasteiger partial charge in [-0.05, 0) is 24.3 Å². The van der Waals surface area contributed by atoms with Crippen LogP contribution in [-0.2, 0) is 26.2 Å². The van der Waals surface area contributed by atoms with Gasteiger partial charge in [-0.2, -0.15) is 0 Å². The summed E-state index contributed by atoms with van der Waals surface area (Å²) in [6, 6.07) is 35.2. The molecule has 0 amide bonds. The van der Waals surface area contributed by atoms with E-state index >= 15 is 0 Å². The Kier molecular flexibility index (Phi) is 4.37. The van der Waals surface area contributed by atoms with E-state index in [-0.39, 0.29) is 0 Å². The van der Waals surface area contributed by atoms with Crippen LogP contribution in [0.4, 0.5) is 0 Å². The molecule has 0 aliphatic carbocycles. The van der Waals surface area contributed by atoms with Gasteiger partial charge in [-0.15, -0.1) is 0 Å². The molecule has 0 atom stereocenters. The van der Waals surface area contributed by atoms with Crippen LogP contribution in [0.1, 0.15) is 22.3 Å². The van der Waals surface area contributed by atoms with Gasteiger partial charge in [-0.3, -0.25) is 0 Å². The van der Waals surface area contributed by atoms with Crippen molar-refractivity contribution in [2.24, 2.45) is 0 Å². The van der Waals surface area contributed by atoms with Gasteiger partial charge in [0.2, 0.25) is 12.7 Å². The van der Waals surface area contributed by atoms with Gasteiger partial charge in [0, 0.05) is 22.3 Å². The second kappa shape index (κ2) is 7.70. The maximum atomic E-state index is 2.40. The highest BCUT2D eigenvalue weighted by molar-refractivity contribution is 5.72. The Hall–Kier alpha value is -4.18. The third-order valence-electron chi connectivity index (χ3n) is 7.16. The predicted octanol–water partition coefficient (Wildman–Crippen LogP) is 4.68. The molecule has 7 rings (SSSR count). The molecule has 4 aromatic carbocycles. The minimum Gasteiger partial charge on any atom is -0.226 e. The average Bonchev–Trinajstić information content (AvgIpc) is 3.39. The van der Waals surface area contributed by atoms with Crippen LogP contribution in [0.3, 0.4) is 0 Å². The highest BCUT2D eigenvalue weighted by Crippen LogP contribution is 2.21. The Labute approximate surface area is 198 Å². The molecule has 0 saturated carbocycles. The Bertz CT molecular complexity index is 1430. The molecule has 0 spiro atoms. The summed E-state index contributed by atoms with van der Waals surface area (Å²) in [6.45, 7) is 3.41. The van der Waals surface area contributed by atoms with Crippen molar-refractivity contribution in [2.45, 2.75) is 26.2 Å². The van der Waals surface area contributed by atoms with Crippen LogP contribution in [0.2, 0.25) is 0 Å². The number of benzene rings is 4. The highest BCUT2D eigenvalue weighted by atomic mass is 15.1. The first-order valence-electron chi connectivity index (χ1n) is 11.9. The van der Waals surface area contributed by atoms with Gasteiger partial charge in [0.1, 0.15) is 26.2 Å². The van der Waals surface area contributed by atoms with E-state index < -0.39 is 0 Å². The normalized spacial score (nSPS) is 13.4. The smallest absolute Gasteiger partial charge is 0.226 e. The van der Waals surface area contributed by atoms with E-state index in [1.54, 1.807) is 0 Å². The van der Waals surface area contributed by atoms with E-state index in [9.17, 15) is 0 Å². The lowest BCUT2D eigenvalue weighted by atomic mass is 10.1. The molecule has 1 aliphatic heterocycles. The van der Waals surface area contributed by atoms with Crippen LogP contribution in [0.15, 0.2) is 110 Å². The summed E-state index contributed by atoms with van der Waals surface area (Å²) in [4.78, 5) is 0. The number of para-hydroxylation sites is 4. The van der Waals surface area contributed by atoms with E-state index in [1.165, 1.54) is 44.3 Å². The van der Waals surface area contributed by atoms with Crippen molar-refractivity contribution < 1.29 is 9.13 Å². The van der Waals surface area contributed by atoms with Crippen molar-refractivity contribution in [2.75, 3.05) is 0 Å². The van der Waals surface area contributed by atoms with Gasteiger partial charge in [0.25, 0.3) is 0 Å². The minimum atomic E-state index is 0.852. The summed E-state index contributed by atoms with van der Waals surface area (Å²) in [5.74, 6) is 0. The van der Waals surface area contributed by atoms with Gasteiger partial charge >= 0.3 is 0 Å². The van der Waals surface area contributed by atoms with Crippen molar-refractivity contribution >= 4 is 22.1 Å². The third-order valence-corrected chi connectivity index (χ3v) is 7.16. The molecule has 164 valence electrons. The van der Waals surface area contributed by atoms with Gasteiger partial charge in [0.15, 0.2) is 22.1 Å². The highest BCUT2D eigenvalue weighted by Gasteiger charge is 2.22. The summed E-state index contributed by atoms with van der Waals surface area (Å²) >= 11 is 0. The first-order valence-corrected chi connectivity index (χ1v) is 11.9. The lowest BCUT2D eigenvalue weighted by molar-refractivity contribution is -0.664. The molecule has 6 aromatic rings. The standard InChI is InChI=1S/C30H26N4/c1-2-10-24-18-32-22-34(30-16-8-7-15-29(30)32)20-26-12-4-3-11-25(26)19-33-21-31(17-23(24)9-1)27-13-5-6-14-28(27)33/h1-16,21-22H,17-20H2/q+2. The van der Waals surface area contributed by atoms with Crippen LogP contribution in [0.25, 0.3) is 22.1 Å². The molecule has 0 radical (unpaired) electrons. The SMILES string of the molecule is c1ccc2c(c1)Cn1c[n+](c3ccccc31)Cc1ccccc1Cn1c[n+](c3ccccc31)C2. The fraction of sp³-hybridized carbons (Fsp3) is 0.133. The number of aromatic nitrogens is 4. The summed E-state index contributed by atoms with van der Waals surface area (Å²) in [7, 11) is 0. The van der Waals surface area contributed by atoms with Crippen molar-refractivity contribution in [3.8, 4) is 0 Å². The quantitative estimate of drug-likeness (QED) is 0.304. The number of rotatable bonds is 0. The van der Waals surface area contributed by atoms with Crippen molar-refractivity contribution in [1.29, 1.82) is 0 Å². The summed E-state index contributed by atoms with van der Waals surface area (Å²) in [5.41, 5.74) is 10.5. The number of nitrogens with zero attached hydrogens (tertiary/aromatic N) is 4. The van der Waals surface area contributed by atoms with E-state index in [4.69, 9.17) is 0 Å². The summed E-state index contributed by atoms with van der Waals surface area (Å²) < 4.78 is 9.60. The maximum absolute atomic E-state index is 2.40. The summed E-state index contributed by atoms with van der Waals surface area (Å²) in [5, 5.41) is 0. The zero-order valence-electron chi connectivity index (χ0n) is 19.0. The second-order valence-electron chi connectivity index (χ2n) is 9.26. The van der Waals surface area contributed by atoms with E-state index in [0.29, 0.717) is 0 Å².